The van der Waals surface area contributed by atoms with Crippen LogP contribution < -0.4 is 10.1 Å². The molecule has 0 amide bonds. The maximum absolute atomic E-state index is 6.08. The topological polar surface area (TPSA) is 34.1 Å². The van der Waals surface area contributed by atoms with Crippen LogP contribution in [0.25, 0.3) is 0 Å². The molecule has 0 aliphatic carbocycles. The van der Waals surface area contributed by atoms with Crippen molar-refractivity contribution in [3.05, 3.63) is 46.0 Å². The molecule has 0 spiro atoms. The molecule has 0 saturated heterocycles. The summed E-state index contributed by atoms with van der Waals surface area (Å²) < 4.78 is 6.23. The zero-order chi connectivity index (χ0) is 13.0. The average molecular weight is 328 g/mol. The first-order valence-electron chi connectivity index (χ1n) is 5.50. The van der Waals surface area contributed by atoms with Crippen molar-refractivity contribution in [2.24, 2.45) is 0 Å². The van der Waals surface area contributed by atoms with Gasteiger partial charge in [0.25, 0.3) is 0 Å². The number of halogens is 2. The third-order valence-corrected chi connectivity index (χ3v) is 2.96. The molecule has 1 aromatic carbocycles. The standard InChI is InChI=1S/C13H12BrClN2O/c1-2-18-11-5-3-10(4-6-11)17-13-12(15)7-9(14)8-16-13/h3-8H,2H2,1H3,(H,16,17). The molecule has 3 nitrogen and oxygen atoms in total. The van der Waals surface area contributed by atoms with E-state index in [-0.39, 0.29) is 0 Å². The lowest BCUT2D eigenvalue weighted by Crippen LogP contribution is -1.95. The molecule has 94 valence electrons. The number of benzene rings is 1. The van der Waals surface area contributed by atoms with E-state index < -0.39 is 0 Å². The summed E-state index contributed by atoms with van der Waals surface area (Å²) in [5.41, 5.74) is 0.912. The predicted molar refractivity (Wildman–Crippen MR) is 77.8 cm³/mol. The zero-order valence-electron chi connectivity index (χ0n) is 9.78. The van der Waals surface area contributed by atoms with Crippen LogP contribution in [0, 0.1) is 0 Å². The molecule has 0 aliphatic rings. The Labute approximate surface area is 119 Å². The van der Waals surface area contributed by atoms with Crippen LogP contribution in [0.1, 0.15) is 6.92 Å². The Hall–Kier alpha value is -1.26. The first-order chi connectivity index (χ1) is 8.69. The number of rotatable bonds is 4. The number of hydrogen-bond acceptors (Lipinski definition) is 3. The van der Waals surface area contributed by atoms with Crippen LogP contribution in [-0.2, 0) is 0 Å². The molecule has 0 bridgehead atoms. The van der Waals surface area contributed by atoms with Crippen LogP contribution in [0.2, 0.25) is 5.02 Å². The first kappa shape index (κ1) is 13.2. The number of aromatic nitrogens is 1. The molecule has 5 heteroatoms. The molecule has 0 atom stereocenters. The molecule has 0 saturated carbocycles. The lowest BCUT2D eigenvalue weighted by Gasteiger charge is -2.08. The van der Waals surface area contributed by atoms with Crippen LogP contribution in [0.5, 0.6) is 5.75 Å². The smallest absolute Gasteiger partial charge is 0.149 e. The summed E-state index contributed by atoms with van der Waals surface area (Å²) in [7, 11) is 0. The van der Waals surface area contributed by atoms with E-state index in [0.29, 0.717) is 17.4 Å². The van der Waals surface area contributed by atoms with Gasteiger partial charge in [-0.3, -0.25) is 0 Å². The van der Waals surface area contributed by atoms with Gasteiger partial charge in [0.2, 0.25) is 0 Å². The van der Waals surface area contributed by atoms with Gasteiger partial charge >= 0.3 is 0 Å². The Morgan fingerprint density at radius 3 is 2.67 bits per heavy atom. The molecular formula is C13H12BrClN2O. The van der Waals surface area contributed by atoms with E-state index in [2.05, 4.69) is 26.2 Å². The maximum Gasteiger partial charge on any atom is 0.149 e. The van der Waals surface area contributed by atoms with E-state index in [1.54, 1.807) is 12.3 Å². The normalized spacial score (nSPS) is 10.2. The van der Waals surface area contributed by atoms with E-state index in [9.17, 15) is 0 Å². The van der Waals surface area contributed by atoms with E-state index in [0.717, 1.165) is 15.9 Å². The van der Waals surface area contributed by atoms with Crippen LogP contribution in [0.3, 0.4) is 0 Å². The molecule has 2 aromatic rings. The SMILES string of the molecule is CCOc1ccc(Nc2ncc(Br)cc2Cl)cc1. The minimum atomic E-state index is 0.568. The van der Waals surface area contributed by atoms with Crippen molar-refractivity contribution in [1.29, 1.82) is 0 Å². The minimum absolute atomic E-state index is 0.568. The number of ether oxygens (including phenoxy) is 1. The van der Waals surface area contributed by atoms with Crippen molar-refractivity contribution in [2.75, 3.05) is 11.9 Å². The monoisotopic (exact) mass is 326 g/mol. The Kier molecular flexibility index (Phi) is 4.44. The minimum Gasteiger partial charge on any atom is -0.494 e. The van der Waals surface area contributed by atoms with Gasteiger partial charge < -0.3 is 10.1 Å². The molecule has 1 aromatic heterocycles. The first-order valence-corrected chi connectivity index (χ1v) is 6.67. The summed E-state index contributed by atoms with van der Waals surface area (Å²) in [6, 6.07) is 9.44. The third-order valence-electron chi connectivity index (χ3n) is 2.24. The van der Waals surface area contributed by atoms with Crippen molar-refractivity contribution in [3.8, 4) is 5.75 Å². The second-order valence-corrected chi connectivity index (χ2v) is 4.89. The zero-order valence-corrected chi connectivity index (χ0v) is 12.1. The largest absolute Gasteiger partial charge is 0.494 e. The van der Waals surface area contributed by atoms with E-state index in [1.165, 1.54) is 0 Å². The van der Waals surface area contributed by atoms with Crippen molar-refractivity contribution in [3.63, 3.8) is 0 Å². The van der Waals surface area contributed by atoms with Gasteiger partial charge in [-0.25, -0.2) is 4.98 Å². The third kappa shape index (κ3) is 3.37. The van der Waals surface area contributed by atoms with Gasteiger partial charge in [0.1, 0.15) is 11.6 Å². The molecule has 0 aliphatic heterocycles. The van der Waals surface area contributed by atoms with Crippen LogP contribution >= 0.6 is 27.5 Å². The fourth-order valence-corrected chi connectivity index (χ4v) is 2.12. The summed E-state index contributed by atoms with van der Waals surface area (Å²) in [6.45, 7) is 2.62. The van der Waals surface area contributed by atoms with Crippen molar-refractivity contribution in [2.45, 2.75) is 6.92 Å². The fraction of sp³-hybridized carbons (Fsp3) is 0.154. The Morgan fingerprint density at radius 1 is 1.33 bits per heavy atom. The summed E-state index contributed by atoms with van der Waals surface area (Å²) in [4.78, 5) is 4.21. The van der Waals surface area contributed by atoms with Crippen LogP contribution in [0.15, 0.2) is 41.0 Å². The van der Waals surface area contributed by atoms with Crippen LogP contribution in [0.4, 0.5) is 11.5 Å². The van der Waals surface area contributed by atoms with Gasteiger partial charge in [-0.05, 0) is 53.2 Å². The quantitative estimate of drug-likeness (QED) is 0.888. The van der Waals surface area contributed by atoms with Crippen molar-refractivity contribution >= 4 is 39.0 Å². The number of hydrogen-bond donors (Lipinski definition) is 1. The Bertz CT molecular complexity index is 531. The second-order valence-electron chi connectivity index (χ2n) is 3.57. The Morgan fingerprint density at radius 2 is 2.06 bits per heavy atom. The Balaban J connectivity index is 2.13. The highest BCUT2D eigenvalue weighted by atomic mass is 79.9. The van der Waals surface area contributed by atoms with Crippen LogP contribution in [-0.4, -0.2) is 11.6 Å². The summed E-state index contributed by atoms with van der Waals surface area (Å²) in [5.74, 6) is 1.47. The molecule has 0 unspecified atom stereocenters. The highest BCUT2D eigenvalue weighted by molar-refractivity contribution is 9.10. The lowest BCUT2D eigenvalue weighted by atomic mass is 10.3. The highest BCUT2D eigenvalue weighted by Crippen LogP contribution is 2.26. The molecule has 1 N–H and O–H groups in total. The molecule has 1 heterocycles. The molecular weight excluding hydrogens is 316 g/mol. The maximum atomic E-state index is 6.08. The van der Waals surface area contributed by atoms with Gasteiger partial charge in [-0.15, -0.1) is 0 Å². The predicted octanol–water partition coefficient (Wildman–Crippen LogP) is 4.64. The molecule has 0 fully saturated rings. The van der Waals surface area contributed by atoms with Gasteiger partial charge in [0.05, 0.1) is 11.6 Å². The van der Waals surface area contributed by atoms with Gasteiger partial charge in [0, 0.05) is 16.4 Å². The number of anilines is 2. The van der Waals surface area contributed by atoms with Gasteiger partial charge in [-0.2, -0.15) is 0 Å². The fourth-order valence-electron chi connectivity index (χ4n) is 1.44. The second kappa shape index (κ2) is 6.07. The van der Waals surface area contributed by atoms with E-state index >= 15 is 0 Å². The van der Waals surface area contributed by atoms with E-state index in [1.807, 2.05) is 31.2 Å². The lowest BCUT2D eigenvalue weighted by molar-refractivity contribution is 0.340. The number of nitrogens with one attached hydrogen (secondary N) is 1. The summed E-state index contributed by atoms with van der Waals surface area (Å²) >= 11 is 9.40. The van der Waals surface area contributed by atoms with Gasteiger partial charge in [-0.1, -0.05) is 11.6 Å². The van der Waals surface area contributed by atoms with Crippen molar-refractivity contribution < 1.29 is 4.74 Å². The highest BCUT2D eigenvalue weighted by Gasteiger charge is 2.03. The van der Waals surface area contributed by atoms with Gasteiger partial charge in [0.15, 0.2) is 0 Å². The number of nitrogens with zero attached hydrogens (tertiary/aromatic N) is 1. The summed E-state index contributed by atoms with van der Waals surface area (Å²) in [6.07, 6.45) is 1.70. The van der Waals surface area contributed by atoms with E-state index in [4.69, 9.17) is 16.3 Å². The molecule has 0 radical (unpaired) electrons. The summed E-state index contributed by atoms with van der Waals surface area (Å²) in [5, 5.41) is 3.72. The molecule has 2 rings (SSSR count). The average Bonchev–Trinajstić information content (AvgIpc) is 2.35. The molecule has 18 heavy (non-hydrogen) atoms. The number of pyridine rings is 1. The van der Waals surface area contributed by atoms with Crippen molar-refractivity contribution in [1.82, 2.24) is 4.98 Å².